The fraction of sp³-hybridized carbons (Fsp3) is 0.417. The minimum Gasteiger partial charge on any atom is -0.481 e. The zero-order valence-corrected chi connectivity index (χ0v) is 11.1. The molecule has 106 valence electrons. The normalized spacial score (nSPS) is 11.4. The first-order valence-corrected chi connectivity index (χ1v) is 5.94. The number of aromatic nitrogens is 1. The summed E-state index contributed by atoms with van der Waals surface area (Å²) in [5, 5.41) is 28.5. The van der Waals surface area contributed by atoms with Crippen molar-refractivity contribution in [3.63, 3.8) is 0 Å². The van der Waals surface area contributed by atoms with Gasteiger partial charge in [0, 0.05) is 19.2 Å². The van der Waals surface area contributed by atoms with Crippen molar-refractivity contribution in [2.75, 3.05) is 18.0 Å². The number of pyridine rings is 1. The van der Waals surface area contributed by atoms with Crippen molar-refractivity contribution in [3.8, 4) is 6.07 Å². The topological polar surface area (TPSA) is 120 Å². The van der Waals surface area contributed by atoms with Crippen LogP contribution in [0.5, 0.6) is 0 Å². The van der Waals surface area contributed by atoms with Crippen molar-refractivity contribution in [3.05, 3.63) is 27.9 Å². The number of nitriles is 1. The van der Waals surface area contributed by atoms with E-state index in [9.17, 15) is 14.9 Å². The molecule has 0 aliphatic rings. The summed E-state index contributed by atoms with van der Waals surface area (Å²) < 4.78 is 0. The van der Waals surface area contributed by atoms with Gasteiger partial charge in [0.2, 0.25) is 5.69 Å². The van der Waals surface area contributed by atoms with Crippen molar-refractivity contribution >= 4 is 17.5 Å². The van der Waals surface area contributed by atoms with Gasteiger partial charge in [-0.15, -0.1) is 0 Å². The Balaban J connectivity index is 3.08. The van der Waals surface area contributed by atoms with Gasteiger partial charge in [0.05, 0.1) is 10.8 Å². The number of hydrogen-bond donors (Lipinski definition) is 1. The smallest absolute Gasteiger partial charge is 0.308 e. The minimum atomic E-state index is -0.939. The molecule has 1 atom stereocenters. The molecule has 0 saturated carbocycles. The first-order chi connectivity index (χ1) is 9.40. The molecule has 8 nitrogen and oxygen atoms in total. The molecule has 8 heteroatoms. The Hall–Kier alpha value is -2.69. The summed E-state index contributed by atoms with van der Waals surface area (Å²) in [6.45, 7) is 4.06. The van der Waals surface area contributed by atoms with Crippen molar-refractivity contribution in [2.24, 2.45) is 5.92 Å². The molecule has 0 saturated heterocycles. The van der Waals surface area contributed by atoms with E-state index < -0.39 is 16.8 Å². The van der Waals surface area contributed by atoms with E-state index in [1.54, 1.807) is 17.9 Å². The van der Waals surface area contributed by atoms with Crippen LogP contribution in [0.15, 0.2) is 12.1 Å². The lowest BCUT2D eigenvalue weighted by atomic mass is 10.1. The van der Waals surface area contributed by atoms with Crippen molar-refractivity contribution in [1.29, 1.82) is 5.26 Å². The molecular formula is C12H14N4O4. The second kappa shape index (κ2) is 6.47. The molecule has 0 aliphatic heterocycles. The molecule has 0 aromatic carbocycles. The van der Waals surface area contributed by atoms with Gasteiger partial charge in [-0.2, -0.15) is 5.26 Å². The summed E-state index contributed by atoms with van der Waals surface area (Å²) in [6.07, 6.45) is 0. The maximum absolute atomic E-state index is 10.9. The molecule has 1 heterocycles. The highest BCUT2D eigenvalue weighted by Gasteiger charge is 2.20. The quantitative estimate of drug-likeness (QED) is 0.616. The van der Waals surface area contributed by atoms with Crippen LogP contribution in [0.3, 0.4) is 0 Å². The molecule has 1 N–H and O–H groups in total. The fourth-order valence-electron chi connectivity index (χ4n) is 1.64. The van der Waals surface area contributed by atoms with E-state index >= 15 is 0 Å². The Morgan fingerprint density at radius 3 is 2.75 bits per heavy atom. The summed E-state index contributed by atoms with van der Waals surface area (Å²) in [5.74, 6) is -1.20. The van der Waals surface area contributed by atoms with Gasteiger partial charge in [-0.05, 0) is 13.0 Å². The molecular weight excluding hydrogens is 264 g/mol. The van der Waals surface area contributed by atoms with Crippen LogP contribution in [0.25, 0.3) is 0 Å². The highest BCUT2D eigenvalue weighted by Crippen LogP contribution is 2.21. The Labute approximate surface area is 115 Å². The van der Waals surface area contributed by atoms with Gasteiger partial charge in [-0.1, -0.05) is 6.92 Å². The third-order valence-corrected chi connectivity index (χ3v) is 2.78. The monoisotopic (exact) mass is 278 g/mol. The van der Waals surface area contributed by atoms with E-state index in [4.69, 9.17) is 10.4 Å². The molecule has 1 aromatic heterocycles. The van der Waals surface area contributed by atoms with Gasteiger partial charge in [0.25, 0.3) is 0 Å². The second-order valence-electron chi connectivity index (χ2n) is 4.18. The second-order valence-corrected chi connectivity index (χ2v) is 4.18. The van der Waals surface area contributed by atoms with Crippen LogP contribution in [-0.2, 0) is 4.79 Å². The van der Waals surface area contributed by atoms with Crippen LogP contribution in [0.1, 0.15) is 19.5 Å². The minimum absolute atomic E-state index is 0.210. The van der Waals surface area contributed by atoms with Gasteiger partial charge in [0.15, 0.2) is 0 Å². The predicted molar refractivity (Wildman–Crippen MR) is 70.3 cm³/mol. The maximum Gasteiger partial charge on any atom is 0.308 e. The molecule has 0 spiro atoms. The van der Waals surface area contributed by atoms with Gasteiger partial charge < -0.3 is 10.0 Å². The molecule has 0 bridgehead atoms. The number of rotatable bonds is 6. The number of carboxylic acid groups (broad SMARTS) is 1. The molecule has 1 unspecified atom stereocenters. The predicted octanol–water partition coefficient (Wildman–Crippen LogP) is 1.41. The summed E-state index contributed by atoms with van der Waals surface area (Å²) in [5.41, 5.74) is -0.646. The Morgan fingerprint density at radius 1 is 1.65 bits per heavy atom. The molecule has 0 radical (unpaired) electrons. The highest BCUT2D eigenvalue weighted by atomic mass is 16.6. The van der Waals surface area contributed by atoms with Crippen molar-refractivity contribution < 1.29 is 14.8 Å². The van der Waals surface area contributed by atoms with Gasteiger partial charge in [0.1, 0.15) is 11.9 Å². The first-order valence-electron chi connectivity index (χ1n) is 5.94. The lowest BCUT2D eigenvalue weighted by Crippen LogP contribution is -2.32. The molecule has 0 amide bonds. The summed E-state index contributed by atoms with van der Waals surface area (Å²) >= 11 is 0. The Morgan fingerprint density at radius 2 is 2.30 bits per heavy atom. The van der Waals surface area contributed by atoms with Gasteiger partial charge >= 0.3 is 11.7 Å². The maximum atomic E-state index is 10.9. The summed E-state index contributed by atoms with van der Waals surface area (Å²) in [4.78, 5) is 26.5. The number of carboxylic acids is 1. The fourth-order valence-corrected chi connectivity index (χ4v) is 1.64. The number of nitro groups is 1. The van der Waals surface area contributed by atoms with Gasteiger partial charge in [-0.25, -0.2) is 4.98 Å². The van der Waals surface area contributed by atoms with E-state index in [0.717, 1.165) is 0 Å². The first kappa shape index (κ1) is 15.4. The van der Waals surface area contributed by atoms with Crippen molar-refractivity contribution in [1.82, 2.24) is 4.98 Å². The molecule has 0 fully saturated rings. The molecule has 1 aromatic rings. The average Bonchev–Trinajstić information content (AvgIpc) is 2.43. The van der Waals surface area contributed by atoms with Crippen molar-refractivity contribution in [2.45, 2.75) is 13.8 Å². The number of nitrogens with zero attached hydrogens (tertiary/aromatic N) is 4. The van der Waals surface area contributed by atoms with Crippen LogP contribution in [-0.4, -0.2) is 34.1 Å². The molecule has 0 aliphatic carbocycles. The third-order valence-electron chi connectivity index (χ3n) is 2.78. The van der Waals surface area contributed by atoms with Crippen LogP contribution in [0, 0.1) is 27.4 Å². The Kier molecular flexibility index (Phi) is 4.97. The number of aliphatic carboxylic acids is 1. The Bertz CT molecular complexity index is 567. The lowest BCUT2D eigenvalue weighted by Gasteiger charge is -2.23. The standard InChI is InChI=1S/C12H14N4O4/c1-3-15(7-8(2)12(17)18)11-5-4-10(16(19)20)9(6-13)14-11/h4-5,8H,3,7H2,1-2H3,(H,17,18). The number of anilines is 1. The summed E-state index contributed by atoms with van der Waals surface area (Å²) in [6, 6.07) is 4.29. The number of carbonyl (C=O) groups is 1. The lowest BCUT2D eigenvalue weighted by molar-refractivity contribution is -0.385. The van der Waals surface area contributed by atoms with Crippen LogP contribution in [0.2, 0.25) is 0 Å². The van der Waals surface area contributed by atoms with E-state index in [2.05, 4.69) is 4.98 Å². The zero-order valence-electron chi connectivity index (χ0n) is 11.1. The van der Waals surface area contributed by atoms with Crippen LogP contribution < -0.4 is 4.90 Å². The van der Waals surface area contributed by atoms with Crippen LogP contribution in [0.4, 0.5) is 11.5 Å². The largest absolute Gasteiger partial charge is 0.481 e. The van der Waals surface area contributed by atoms with E-state index in [1.165, 1.54) is 12.1 Å². The summed E-state index contributed by atoms with van der Waals surface area (Å²) in [7, 11) is 0. The molecule has 1 rings (SSSR count). The van der Waals surface area contributed by atoms with E-state index in [1.807, 2.05) is 6.92 Å². The zero-order chi connectivity index (χ0) is 15.3. The molecule has 20 heavy (non-hydrogen) atoms. The number of hydrogen-bond acceptors (Lipinski definition) is 6. The van der Waals surface area contributed by atoms with Gasteiger partial charge in [-0.3, -0.25) is 14.9 Å². The third kappa shape index (κ3) is 3.41. The van der Waals surface area contributed by atoms with E-state index in [-0.39, 0.29) is 17.9 Å². The van der Waals surface area contributed by atoms with E-state index in [0.29, 0.717) is 12.4 Å². The average molecular weight is 278 g/mol. The SMILES string of the molecule is CCN(CC(C)C(=O)O)c1ccc([N+](=O)[O-])c(C#N)n1. The highest BCUT2D eigenvalue weighted by molar-refractivity contribution is 5.70. The van der Waals surface area contributed by atoms with Crippen LogP contribution >= 0.6 is 0 Å².